The molecular weight excluding hydrogens is 272 g/mol. The molecule has 1 fully saturated rings. The van der Waals surface area contributed by atoms with Gasteiger partial charge in [0.2, 0.25) is 0 Å². The van der Waals surface area contributed by atoms with Crippen LogP contribution in [0.4, 0.5) is 5.69 Å². The minimum absolute atomic E-state index is 0.307. The van der Waals surface area contributed by atoms with E-state index in [9.17, 15) is 0 Å². The third-order valence-electron chi connectivity index (χ3n) is 4.51. The van der Waals surface area contributed by atoms with Gasteiger partial charge in [-0.05, 0) is 51.1 Å². The van der Waals surface area contributed by atoms with Crippen molar-refractivity contribution in [3.8, 4) is 0 Å². The van der Waals surface area contributed by atoms with Gasteiger partial charge in [0.15, 0.2) is 5.96 Å². The summed E-state index contributed by atoms with van der Waals surface area (Å²) >= 11 is 0. The molecule has 0 heterocycles. The summed E-state index contributed by atoms with van der Waals surface area (Å²) in [6, 6.07) is 8.35. The minimum atomic E-state index is 0.307. The number of nitrogens with one attached hydrogen (secondary N) is 1. The largest absolute Gasteiger partial charge is 0.370 e. The van der Waals surface area contributed by atoms with Crippen LogP contribution in [-0.2, 0) is 6.42 Å². The van der Waals surface area contributed by atoms with Crippen LogP contribution in [0.1, 0.15) is 38.2 Å². The van der Waals surface area contributed by atoms with Gasteiger partial charge in [-0.25, -0.2) is 0 Å². The number of nitrogens with zero attached hydrogens (tertiary/aromatic N) is 2. The first-order valence-electron chi connectivity index (χ1n) is 8.34. The lowest BCUT2D eigenvalue weighted by Gasteiger charge is -2.30. The maximum atomic E-state index is 6.09. The molecule has 0 aromatic heterocycles. The molecule has 0 unspecified atom stereocenters. The standard InChI is InChI=1S/C18H30N4/c1-4-15-8-7-9-16(12-15)21-17(19)20-13-18(14-22(2)3)10-5-6-11-18/h7-9,12H,4-6,10-11,13-14H2,1-3H3,(H3,19,20,21). The van der Waals surface area contributed by atoms with E-state index in [0.717, 1.165) is 25.2 Å². The van der Waals surface area contributed by atoms with Gasteiger partial charge in [-0.3, -0.25) is 4.99 Å². The molecule has 0 aliphatic heterocycles. The predicted octanol–water partition coefficient (Wildman–Crippen LogP) is 3.10. The van der Waals surface area contributed by atoms with Crippen molar-refractivity contribution >= 4 is 11.6 Å². The zero-order valence-corrected chi connectivity index (χ0v) is 14.2. The smallest absolute Gasteiger partial charge is 0.193 e. The molecule has 1 aromatic rings. The maximum Gasteiger partial charge on any atom is 0.193 e. The molecule has 0 bridgehead atoms. The average Bonchev–Trinajstić information content (AvgIpc) is 2.93. The second kappa shape index (κ2) is 7.63. The Morgan fingerprint density at radius 2 is 2.05 bits per heavy atom. The van der Waals surface area contributed by atoms with E-state index in [0.29, 0.717) is 11.4 Å². The normalized spacial score (nSPS) is 17.9. The molecule has 4 nitrogen and oxygen atoms in total. The third-order valence-corrected chi connectivity index (χ3v) is 4.51. The van der Waals surface area contributed by atoms with E-state index in [1.54, 1.807) is 0 Å². The fraction of sp³-hybridized carbons (Fsp3) is 0.611. The van der Waals surface area contributed by atoms with E-state index in [1.165, 1.54) is 31.2 Å². The van der Waals surface area contributed by atoms with Crippen LogP contribution in [0.15, 0.2) is 29.3 Å². The Morgan fingerprint density at radius 3 is 2.68 bits per heavy atom. The van der Waals surface area contributed by atoms with Crippen LogP contribution in [0.2, 0.25) is 0 Å². The van der Waals surface area contributed by atoms with E-state index in [2.05, 4.69) is 54.4 Å². The van der Waals surface area contributed by atoms with Gasteiger partial charge in [0, 0.05) is 24.2 Å². The molecule has 122 valence electrons. The fourth-order valence-corrected chi connectivity index (χ4v) is 3.47. The zero-order valence-electron chi connectivity index (χ0n) is 14.2. The van der Waals surface area contributed by atoms with Gasteiger partial charge in [-0.1, -0.05) is 31.9 Å². The number of aryl methyl sites for hydroxylation is 1. The first-order valence-corrected chi connectivity index (χ1v) is 8.34. The summed E-state index contributed by atoms with van der Waals surface area (Å²) in [4.78, 5) is 6.91. The average molecular weight is 302 g/mol. The van der Waals surface area contributed by atoms with E-state index in [4.69, 9.17) is 5.73 Å². The summed E-state index contributed by atoms with van der Waals surface area (Å²) < 4.78 is 0. The van der Waals surface area contributed by atoms with Gasteiger partial charge >= 0.3 is 0 Å². The number of nitrogens with two attached hydrogens (primary N) is 1. The van der Waals surface area contributed by atoms with Crippen molar-refractivity contribution in [1.29, 1.82) is 0 Å². The second-order valence-corrected chi connectivity index (χ2v) is 6.83. The topological polar surface area (TPSA) is 53.6 Å². The van der Waals surface area contributed by atoms with Crippen LogP contribution >= 0.6 is 0 Å². The molecule has 1 saturated carbocycles. The third kappa shape index (κ3) is 4.73. The first kappa shape index (κ1) is 16.8. The second-order valence-electron chi connectivity index (χ2n) is 6.83. The van der Waals surface area contributed by atoms with Crippen molar-refractivity contribution in [3.05, 3.63) is 29.8 Å². The highest BCUT2D eigenvalue weighted by atomic mass is 15.1. The van der Waals surface area contributed by atoms with Crippen molar-refractivity contribution in [2.45, 2.75) is 39.0 Å². The Morgan fingerprint density at radius 1 is 1.32 bits per heavy atom. The summed E-state index contributed by atoms with van der Waals surface area (Å²) in [6.07, 6.45) is 6.17. The van der Waals surface area contributed by atoms with Gasteiger partial charge in [0.05, 0.1) is 0 Å². The van der Waals surface area contributed by atoms with Crippen LogP contribution in [0.5, 0.6) is 0 Å². The molecule has 0 atom stereocenters. The van der Waals surface area contributed by atoms with Gasteiger partial charge in [0.25, 0.3) is 0 Å². The summed E-state index contributed by atoms with van der Waals surface area (Å²) in [5.41, 5.74) is 8.72. The molecule has 0 spiro atoms. The highest BCUT2D eigenvalue weighted by molar-refractivity contribution is 5.92. The van der Waals surface area contributed by atoms with Crippen LogP contribution in [0, 0.1) is 5.41 Å². The predicted molar refractivity (Wildman–Crippen MR) is 95.4 cm³/mol. The number of hydrogen-bond donors (Lipinski definition) is 2. The van der Waals surface area contributed by atoms with Crippen LogP contribution < -0.4 is 11.1 Å². The fourth-order valence-electron chi connectivity index (χ4n) is 3.47. The summed E-state index contributed by atoms with van der Waals surface area (Å²) in [7, 11) is 4.28. The number of benzene rings is 1. The van der Waals surface area contributed by atoms with Crippen molar-refractivity contribution in [2.75, 3.05) is 32.5 Å². The quantitative estimate of drug-likeness (QED) is 0.627. The zero-order chi connectivity index (χ0) is 16.0. The van der Waals surface area contributed by atoms with Crippen molar-refractivity contribution in [1.82, 2.24) is 4.90 Å². The number of anilines is 1. The Hall–Kier alpha value is -1.55. The lowest BCUT2D eigenvalue weighted by Crippen LogP contribution is -2.35. The summed E-state index contributed by atoms with van der Waals surface area (Å²) in [5, 5.41) is 3.23. The van der Waals surface area contributed by atoms with Crippen molar-refractivity contribution < 1.29 is 0 Å². The number of rotatable bonds is 6. The molecule has 3 N–H and O–H groups in total. The van der Waals surface area contributed by atoms with Gasteiger partial charge in [-0.15, -0.1) is 0 Å². The monoisotopic (exact) mass is 302 g/mol. The molecule has 0 amide bonds. The van der Waals surface area contributed by atoms with Crippen molar-refractivity contribution in [3.63, 3.8) is 0 Å². The molecule has 1 aliphatic rings. The Labute approximate surface area is 134 Å². The van der Waals surface area contributed by atoms with Crippen molar-refractivity contribution in [2.24, 2.45) is 16.1 Å². The molecular formula is C18H30N4. The van der Waals surface area contributed by atoms with E-state index in [1.807, 2.05) is 6.07 Å². The lowest BCUT2D eigenvalue weighted by atomic mass is 9.86. The SMILES string of the molecule is CCc1cccc(NC(N)=NCC2(CN(C)C)CCCC2)c1. The van der Waals surface area contributed by atoms with Gasteiger partial charge < -0.3 is 16.0 Å². The lowest BCUT2D eigenvalue weighted by molar-refractivity contribution is 0.210. The highest BCUT2D eigenvalue weighted by Gasteiger charge is 2.34. The van der Waals surface area contributed by atoms with Gasteiger partial charge in [0.1, 0.15) is 0 Å². The highest BCUT2D eigenvalue weighted by Crippen LogP contribution is 2.38. The molecule has 1 aliphatic carbocycles. The maximum absolute atomic E-state index is 6.09. The van der Waals surface area contributed by atoms with E-state index < -0.39 is 0 Å². The van der Waals surface area contributed by atoms with E-state index in [-0.39, 0.29) is 0 Å². The van der Waals surface area contributed by atoms with E-state index >= 15 is 0 Å². The van der Waals surface area contributed by atoms with Crippen LogP contribution in [-0.4, -0.2) is 38.0 Å². The Balaban J connectivity index is 1.98. The van der Waals surface area contributed by atoms with Crippen LogP contribution in [0.3, 0.4) is 0 Å². The summed E-state index contributed by atoms with van der Waals surface area (Å²) in [6.45, 7) is 4.06. The minimum Gasteiger partial charge on any atom is -0.370 e. The molecule has 4 heteroatoms. The molecule has 0 radical (unpaired) electrons. The number of guanidine groups is 1. The first-order chi connectivity index (χ1) is 10.5. The van der Waals surface area contributed by atoms with Gasteiger partial charge in [-0.2, -0.15) is 0 Å². The summed E-state index contributed by atoms with van der Waals surface area (Å²) in [5.74, 6) is 0.526. The molecule has 22 heavy (non-hydrogen) atoms. The Bertz CT molecular complexity index is 502. The van der Waals surface area contributed by atoms with Crippen LogP contribution in [0.25, 0.3) is 0 Å². The Kier molecular flexibility index (Phi) is 5.83. The number of aliphatic imine (C=N–C) groups is 1. The molecule has 2 rings (SSSR count). The molecule has 0 saturated heterocycles. The molecule has 1 aromatic carbocycles. The number of hydrogen-bond acceptors (Lipinski definition) is 2.